The van der Waals surface area contributed by atoms with E-state index in [0.717, 1.165) is 22.7 Å². The summed E-state index contributed by atoms with van der Waals surface area (Å²) in [4.78, 5) is 20.7. The van der Waals surface area contributed by atoms with Crippen LogP contribution < -0.4 is 9.80 Å². The summed E-state index contributed by atoms with van der Waals surface area (Å²) >= 11 is 0. The first-order valence-corrected chi connectivity index (χ1v) is 13.9. The van der Waals surface area contributed by atoms with Gasteiger partial charge >= 0.3 is 24.6 Å². The van der Waals surface area contributed by atoms with E-state index in [0.29, 0.717) is 25.2 Å². The van der Waals surface area contributed by atoms with Crippen LogP contribution in [0.2, 0.25) is 0 Å². The average Bonchev–Trinajstić information content (AvgIpc) is 3.58. The maximum absolute atomic E-state index is 14.0. The van der Waals surface area contributed by atoms with Crippen molar-refractivity contribution in [2.45, 2.75) is 63.4 Å². The lowest BCUT2D eigenvalue weighted by Crippen LogP contribution is -2.36. The third-order valence-electron chi connectivity index (χ3n) is 7.50. The Kier molecular flexibility index (Phi) is 8.82. The van der Waals surface area contributed by atoms with Gasteiger partial charge in [0.1, 0.15) is 6.10 Å². The van der Waals surface area contributed by atoms with Gasteiger partial charge in [0, 0.05) is 19.5 Å². The van der Waals surface area contributed by atoms with Gasteiger partial charge in [0.05, 0.1) is 60.1 Å². The number of aromatic nitrogens is 5. The fourth-order valence-corrected chi connectivity index (χ4v) is 5.38. The number of aryl methyl sites for hydroxylation is 2. The van der Waals surface area contributed by atoms with Crippen LogP contribution >= 0.6 is 0 Å². The van der Waals surface area contributed by atoms with E-state index in [1.807, 2.05) is 0 Å². The highest BCUT2D eigenvalue weighted by atomic mass is 19.4. The molecule has 2 aromatic heterocycles. The highest BCUT2D eigenvalue weighted by molar-refractivity contribution is 5.89. The molecule has 0 radical (unpaired) electrons. The van der Waals surface area contributed by atoms with E-state index in [9.17, 15) is 44.3 Å². The molecule has 0 aliphatic carbocycles. The molecule has 1 aromatic carbocycles. The monoisotopic (exact) mass is 667 g/mol. The molecule has 2 unspecified atom stereocenters. The van der Waals surface area contributed by atoms with E-state index in [1.165, 1.54) is 11.9 Å². The molecular weight excluding hydrogens is 641 g/mol. The van der Waals surface area contributed by atoms with Crippen LogP contribution in [0.5, 0.6) is 0 Å². The van der Waals surface area contributed by atoms with Gasteiger partial charge in [0.2, 0.25) is 0 Å². The molecule has 1 fully saturated rings. The van der Waals surface area contributed by atoms with E-state index in [-0.39, 0.29) is 49.4 Å². The number of halogens is 9. The number of alkyl halides is 9. The largest absolute Gasteiger partial charge is 0.443 e. The van der Waals surface area contributed by atoms with Crippen molar-refractivity contribution in [1.82, 2.24) is 25.2 Å². The van der Waals surface area contributed by atoms with Gasteiger partial charge in [0.15, 0.2) is 0 Å². The molecule has 2 aliphatic rings. The lowest BCUT2D eigenvalue weighted by atomic mass is 10.0. The molecule has 19 heteroatoms. The van der Waals surface area contributed by atoms with Crippen molar-refractivity contribution in [3.63, 3.8) is 0 Å². The quantitative estimate of drug-likeness (QED) is 0.295. The maximum Gasteiger partial charge on any atom is 0.418 e. The molecule has 0 saturated carbocycles. The fourth-order valence-electron chi connectivity index (χ4n) is 5.38. The fraction of sp³-hybridized carbons (Fsp3) is 0.519. The van der Waals surface area contributed by atoms with Gasteiger partial charge in [0.25, 0.3) is 5.95 Å². The number of benzene rings is 1. The van der Waals surface area contributed by atoms with Crippen molar-refractivity contribution >= 4 is 17.7 Å². The highest BCUT2D eigenvalue weighted by Crippen LogP contribution is 2.43. The molecule has 4 heterocycles. The molecule has 0 N–H and O–H groups in total. The van der Waals surface area contributed by atoms with Crippen molar-refractivity contribution in [1.29, 1.82) is 0 Å². The van der Waals surface area contributed by atoms with E-state index in [1.54, 1.807) is 0 Å². The minimum Gasteiger partial charge on any atom is -0.443 e. The molecule has 1 amide bonds. The SMILES string of the molecule is Cc1nc2c(cc1C(F)(F)F)N(C(=O)OC1CCOC1)CCCC2N(Cc1cc(C(F)(F)F)cc(C(F)(F)F)c1)c1nnn(C)n1. The van der Waals surface area contributed by atoms with Crippen LogP contribution in [0.4, 0.5) is 55.9 Å². The summed E-state index contributed by atoms with van der Waals surface area (Å²) in [6.45, 7) is 0.714. The molecule has 2 atom stereocenters. The minimum atomic E-state index is -5.13. The van der Waals surface area contributed by atoms with Crippen LogP contribution in [0, 0.1) is 6.92 Å². The topological polar surface area (TPSA) is 98.5 Å². The summed E-state index contributed by atoms with van der Waals surface area (Å²) in [7, 11) is 1.37. The first-order valence-electron chi connectivity index (χ1n) is 13.9. The Morgan fingerprint density at radius 3 is 2.22 bits per heavy atom. The number of ether oxygens (including phenoxy) is 2. The van der Waals surface area contributed by atoms with Gasteiger partial charge in [-0.2, -0.15) is 44.3 Å². The number of pyridine rings is 1. The second-order valence-corrected chi connectivity index (χ2v) is 10.8. The number of rotatable bonds is 5. The van der Waals surface area contributed by atoms with Crippen molar-refractivity contribution in [2.75, 3.05) is 29.6 Å². The molecule has 10 nitrogen and oxygen atoms in total. The Bertz CT molecular complexity index is 1550. The average molecular weight is 668 g/mol. The van der Waals surface area contributed by atoms with E-state index in [4.69, 9.17) is 9.47 Å². The summed E-state index contributed by atoms with van der Waals surface area (Å²) in [5.74, 6) is -0.247. The van der Waals surface area contributed by atoms with Crippen LogP contribution in [0.25, 0.3) is 0 Å². The Balaban J connectivity index is 1.65. The minimum absolute atomic E-state index is 0.0161. The molecule has 46 heavy (non-hydrogen) atoms. The third kappa shape index (κ3) is 7.13. The molecule has 3 aromatic rings. The number of carbonyl (C=O) groups excluding carboxylic acids is 1. The van der Waals surface area contributed by atoms with Gasteiger partial charge in [-0.1, -0.05) is 5.10 Å². The number of hydrogen-bond donors (Lipinski definition) is 0. The third-order valence-corrected chi connectivity index (χ3v) is 7.50. The van der Waals surface area contributed by atoms with Gasteiger partial charge < -0.3 is 14.4 Å². The van der Waals surface area contributed by atoms with Crippen LogP contribution in [0.15, 0.2) is 24.3 Å². The van der Waals surface area contributed by atoms with E-state index in [2.05, 4.69) is 20.4 Å². The van der Waals surface area contributed by atoms with Crippen LogP contribution in [0.1, 0.15) is 58.9 Å². The predicted molar refractivity (Wildman–Crippen MR) is 140 cm³/mol. The Morgan fingerprint density at radius 2 is 1.67 bits per heavy atom. The summed E-state index contributed by atoms with van der Waals surface area (Å²) in [5, 5.41) is 11.7. The zero-order valence-electron chi connectivity index (χ0n) is 24.2. The highest BCUT2D eigenvalue weighted by Gasteiger charge is 2.41. The van der Waals surface area contributed by atoms with Crippen molar-refractivity contribution in [2.24, 2.45) is 7.05 Å². The van der Waals surface area contributed by atoms with Crippen LogP contribution in [0.3, 0.4) is 0 Å². The van der Waals surface area contributed by atoms with Crippen molar-refractivity contribution < 1.29 is 53.8 Å². The smallest absolute Gasteiger partial charge is 0.418 e. The second kappa shape index (κ2) is 12.2. The summed E-state index contributed by atoms with van der Waals surface area (Å²) in [5.41, 5.74) is -5.58. The summed E-state index contributed by atoms with van der Waals surface area (Å²) in [6, 6.07) is 0.662. The Labute approximate surface area is 255 Å². The zero-order chi connectivity index (χ0) is 33.6. The molecule has 1 saturated heterocycles. The molecule has 0 bridgehead atoms. The lowest BCUT2D eigenvalue weighted by Gasteiger charge is -2.32. The van der Waals surface area contributed by atoms with Crippen LogP contribution in [-0.4, -0.2) is 57.1 Å². The molecule has 5 rings (SSSR count). The molecular formula is C27H26F9N7O3. The molecule has 0 spiro atoms. The van der Waals surface area contributed by atoms with Gasteiger partial charge in [-0.05, 0) is 54.8 Å². The number of tetrazole rings is 1. The number of nitrogens with zero attached hydrogens (tertiary/aromatic N) is 7. The summed E-state index contributed by atoms with van der Waals surface area (Å²) in [6.07, 6.45) is -16.2. The lowest BCUT2D eigenvalue weighted by molar-refractivity contribution is -0.143. The van der Waals surface area contributed by atoms with Gasteiger partial charge in [-0.25, -0.2) is 4.79 Å². The standard InChI is InChI=1S/C27H26F9N7O3/c1-14-19(27(34,35)36)11-21-22(37-14)20(4-3-6-42(21)24(44)46-18-5-7-45-13-18)43(23-38-40-41(2)39-23)12-15-8-16(25(28,29)30)10-17(9-15)26(31,32)33/h8-11,18,20H,3-7,12-13H2,1-2H3. The first kappa shape index (κ1) is 33.2. The molecule has 2 aliphatic heterocycles. The number of carbonyl (C=O) groups is 1. The number of fused-ring (bicyclic) bond motifs is 1. The maximum atomic E-state index is 14.0. The Morgan fingerprint density at radius 1 is 1.00 bits per heavy atom. The van der Waals surface area contributed by atoms with Crippen molar-refractivity contribution in [3.05, 3.63) is 57.9 Å². The molecule has 250 valence electrons. The van der Waals surface area contributed by atoms with E-state index < -0.39 is 71.3 Å². The number of hydrogen-bond acceptors (Lipinski definition) is 8. The zero-order valence-corrected chi connectivity index (χ0v) is 24.2. The van der Waals surface area contributed by atoms with Gasteiger partial charge in [-0.15, -0.1) is 5.10 Å². The summed E-state index contributed by atoms with van der Waals surface area (Å²) < 4.78 is 135. The van der Waals surface area contributed by atoms with Gasteiger partial charge in [-0.3, -0.25) is 9.88 Å². The number of anilines is 2. The van der Waals surface area contributed by atoms with E-state index >= 15 is 0 Å². The number of amides is 1. The van der Waals surface area contributed by atoms with Crippen molar-refractivity contribution in [3.8, 4) is 0 Å². The Hall–Kier alpha value is -4.16. The van der Waals surface area contributed by atoms with Crippen LogP contribution in [-0.2, 0) is 41.6 Å². The first-order chi connectivity index (χ1) is 21.4. The normalized spacial score (nSPS) is 19.2. The second-order valence-electron chi connectivity index (χ2n) is 10.8. The predicted octanol–water partition coefficient (Wildman–Crippen LogP) is 6.24.